The summed E-state index contributed by atoms with van der Waals surface area (Å²) in [5.41, 5.74) is 3.67. The molecule has 2 heteroatoms. The van der Waals surface area contributed by atoms with Gasteiger partial charge in [-0.2, -0.15) is 18.6 Å². The Morgan fingerprint density at radius 1 is 1.38 bits per heavy atom. The van der Waals surface area contributed by atoms with Crippen molar-refractivity contribution in [1.82, 2.24) is 5.32 Å². The zero-order valence-corrected chi connectivity index (χ0v) is 11.4. The summed E-state index contributed by atoms with van der Waals surface area (Å²) in [4.78, 5) is 0. The van der Waals surface area contributed by atoms with Gasteiger partial charge in [0.15, 0.2) is 0 Å². The summed E-state index contributed by atoms with van der Waals surface area (Å²) in [6, 6.07) is 6.76. The Kier molecular flexibility index (Phi) is 5.86. The minimum Gasteiger partial charge on any atom is -0.324 e. The number of nitrogens with one attached hydrogen (secondary N) is 1. The predicted molar refractivity (Wildman–Crippen MR) is 53.1 cm³/mol. The maximum atomic E-state index is 4.01. The van der Waals surface area contributed by atoms with Crippen LogP contribution in [0.2, 0.25) is 0 Å². The topological polar surface area (TPSA) is 12.0 Å². The first kappa shape index (κ1) is 13.2. The zero-order valence-electron chi connectivity index (χ0n) is 8.59. The molecule has 0 aromatic heterocycles. The van der Waals surface area contributed by atoms with Crippen molar-refractivity contribution in [2.75, 3.05) is 7.05 Å². The minimum atomic E-state index is 0. The zero-order chi connectivity index (χ0) is 9.14. The number of benzene rings is 1. The SMILES string of the molecule is [CH2-]c1cc(C)ccc1C(C)NC.[Y]. The maximum absolute atomic E-state index is 4.01. The van der Waals surface area contributed by atoms with E-state index >= 15 is 0 Å². The largest absolute Gasteiger partial charge is 0.324 e. The van der Waals surface area contributed by atoms with Gasteiger partial charge >= 0.3 is 0 Å². The summed E-state index contributed by atoms with van der Waals surface area (Å²) in [6.45, 7) is 8.23. The van der Waals surface area contributed by atoms with Crippen LogP contribution in [0.1, 0.15) is 29.7 Å². The van der Waals surface area contributed by atoms with Crippen LogP contribution >= 0.6 is 0 Å². The third-order valence-corrected chi connectivity index (χ3v) is 2.20. The molecule has 1 radical (unpaired) electrons. The molecule has 69 valence electrons. The molecule has 0 spiro atoms. The van der Waals surface area contributed by atoms with E-state index in [0.29, 0.717) is 6.04 Å². The molecule has 1 aromatic rings. The predicted octanol–water partition coefficient (Wildman–Crippen LogP) is 2.46. The number of aryl methyl sites for hydroxylation is 1. The molecule has 0 saturated heterocycles. The Bertz CT molecular complexity index is 271. The fraction of sp³-hybridized carbons (Fsp3) is 0.364. The number of hydrogen-bond acceptors (Lipinski definition) is 1. The van der Waals surface area contributed by atoms with Crippen LogP contribution in [0.3, 0.4) is 0 Å². The molecule has 1 aromatic carbocycles. The van der Waals surface area contributed by atoms with E-state index in [1.807, 2.05) is 7.05 Å². The van der Waals surface area contributed by atoms with Crippen LogP contribution in [-0.4, -0.2) is 7.05 Å². The summed E-state index contributed by atoms with van der Waals surface area (Å²) in [5.74, 6) is 0. The van der Waals surface area contributed by atoms with Gasteiger partial charge in [0.2, 0.25) is 0 Å². The number of rotatable bonds is 2. The summed E-state index contributed by atoms with van der Waals surface area (Å²) in [5, 5.41) is 3.20. The van der Waals surface area contributed by atoms with E-state index in [0.717, 1.165) is 5.56 Å². The molecule has 1 nitrogen and oxygen atoms in total. The van der Waals surface area contributed by atoms with Gasteiger partial charge in [0.1, 0.15) is 0 Å². The molecule has 0 amide bonds. The van der Waals surface area contributed by atoms with Crippen molar-refractivity contribution in [2.24, 2.45) is 0 Å². The Morgan fingerprint density at radius 3 is 2.46 bits per heavy atom. The van der Waals surface area contributed by atoms with Gasteiger partial charge in [-0.05, 0) is 13.1 Å². The van der Waals surface area contributed by atoms with Crippen LogP contribution in [0.15, 0.2) is 18.2 Å². The van der Waals surface area contributed by atoms with Gasteiger partial charge in [0, 0.05) is 32.7 Å². The average molecular weight is 251 g/mol. The summed E-state index contributed by atoms with van der Waals surface area (Å²) in [7, 11) is 1.96. The fourth-order valence-corrected chi connectivity index (χ4v) is 1.31. The summed E-state index contributed by atoms with van der Waals surface area (Å²) >= 11 is 0. The van der Waals surface area contributed by atoms with Crippen molar-refractivity contribution >= 4 is 0 Å². The van der Waals surface area contributed by atoms with Gasteiger partial charge in [0.25, 0.3) is 0 Å². The van der Waals surface area contributed by atoms with E-state index < -0.39 is 0 Å². The number of hydrogen-bond donors (Lipinski definition) is 1. The third-order valence-electron chi connectivity index (χ3n) is 2.20. The molecule has 0 aliphatic rings. The van der Waals surface area contributed by atoms with Crippen LogP contribution < -0.4 is 5.32 Å². The second-order valence-corrected chi connectivity index (χ2v) is 3.21. The third kappa shape index (κ3) is 3.42. The van der Waals surface area contributed by atoms with Gasteiger partial charge in [-0.1, -0.05) is 19.9 Å². The maximum Gasteiger partial charge on any atom is 0 e. The van der Waals surface area contributed by atoms with Gasteiger partial charge in [-0.25, -0.2) is 0 Å². The van der Waals surface area contributed by atoms with E-state index in [1.165, 1.54) is 11.1 Å². The Labute approximate surface area is 106 Å². The van der Waals surface area contributed by atoms with E-state index in [1.54, 1.807) is 0 Å². The smallest absolute Gasteiger partial charge is 0 e. The molecule has 13 heavy (non-hydrogen) atoms. The van der Waals surface area contributed by atoms with E-state index in [9.17, 15) is 0 Å². The van der Waals surface area contributed by atoms with Crippen LogP contribution in [0, 0.1) is 13.8 Å². The normalized spacial score (nSPS) is 11.9. The van der Waals surface area contributed by atoms with Crippen molar-refractivity contribution in [3.63, 3.8) is 0 Å². The van der Waals surface area contributed by atoms with Crippen LogP contribution in [-0.2, 0) is 32.7 Å². The second kappa shape index (κ2) is 5.79. The molecule has 0 bridgehead atoms. The molecule has 0 saturated carbocycles. The average Bonchev–Trinajstić information content (AvgIpc) is 2.03. The first-order chi connectivity index (χ1) is 5.65. The minimum absolute atomic E-state index is 0. The van der Waals surface area contributed by atoms with Crippen molar-refractivity contribution < 1.29 is 32.7 Å². The molecule has 1 N–H and O–H groups in total. The van der Waals surface area contributed by atoms with Crippen LogP contribution in [0.5, 0.6) is 0 Å². The Balaban J connectivity index is 0.00000144. The molecule has 0 heterocycles. The van der Waals surface area contributed by atoms with Crippen molar-refractivity contribution in [3.05, 3.63) is 41.8 Å². The van der Waals surface area contributed by atoms with Gasteiger partial charge in [-0.3, -0.25) is 0 Å². The standard InChI is InChI=1S/C11H16N.Y/c1-8-5-6-11(9(2)7-8)10(3)12-4;/h5-7,10,12H,2H2,1,3-4H3;/q-1;. The summed E-state index contributed by atoms with van der Waals surface area (Å²) < 4.78 is 0. The van der Waals surface area contributed by atoms with Gasteiger partial charge in [0.05, 0.1) is 0 Å². The van der Waals surface area contributed by atoms with Crippen molar-refractivity contribution in [1.29, 1.82) is 0 Å². The molecule has 1 unspecified atom stereocenters. The first-order valence-electron chi connectivity index (χ1n) is 4.25. The molecule has 1 rings (SSSR count). The van der Waals surface area contributed by atoms with E-state index in [4.69, 9.17) is 0 Å². The Morgan fingerprint density at radius 2 is 2.00 bits per heavy atom. The fourth-order valence-electron chi connectivity index (χ4n) is 1.31. The monoisotopic (exact) mass is 251 g/mol. The van der Waals surface area contributed by atoms with Crippen molar-refractivity contribution in [2.45, 2.75) is 19.9 Å². The molecule has 0 aliphatic heterocycles. The van der Waals surface area contributed by atoms with Crippen LogP contribution in [0.25, 0.3) is 0 Å². The van der Waals surface area contributed by atoms with Gasteiger partial charge in [-0.15, -0.1) is 17.2 Å². The molecule has 0 aliphatic carbocycles. The summed E-state index contributed by atoms with van der Waals surface area (Å²) in [6.07, 6.45) is 0. The van der Waals surface area contributed by atoms with Crippen LogP contribution in [0.4, 0.5) is 0 Å². The quantitative estimate of drug-likeness (QED) is 0.796. The first-order valence-corrected chi connectivity index (χ1v) is 4.25. The molecular formula is C11H16NY-. The second-order valence-electron chi connectivity index (χ2n) is 3.21. The molecule has 1 atom stereocenters. The molecular weight excluding hydrogens is 235 g/mol. The molecule has 0 fully saturated rings. The van der Waals surface area contributed by atoms with E-state index in [-0.39, 0.29) is 32.7 Å². The Hall–Kier alpha value is 0.154. The van der Waals surface area contributed by atoms with E-state index in [2.05, 4.69) is 44.3 Å². The van der Waals surface area contributed by atoms with Gasteiger partial charge < -0.3 is 5.32 Å². The van der Waals surface area contributed by atoms with Crippen molar-refractivity contribution in [3.8, 4) is 0 Å².